The second-order valence-electron chi connectivity index (χ2n) is 4.65. The van der Waals surface area contributed by atoms with E-state index >= 15 is 0 Å². The van der Waals surface area contributed by atoms with Crippen LogP contribution in [0, 0.1) is 5.41 Å². The average molecular weight is 240 g/mol. The fourth-order valence-corrected chi connectivity index (χ4v) is 2.71. The molecule has 1 aromatic heterocycles. The van der Waals surface area contributed by atoms with Gasteiger partial charge in [-0.05, 0) is 36.1 Å². The SMILES string of the molecule is COCCC1(CNCc2sccc2N)CC1. The average Bonchev–Trinajstić information content (AvgIpc) is 2.94. The van der Waals surface area contributed by atoms with E-state index in [4.69, 9.17) is 10.5 Å². The van der Waals surface area contributed by atoms with Crippen LogP contribution >= 0.6 is 11.3 Å². The Hall–Kier alpha value is -0.580. The lowest BCUT2D eigenvalue weighted by atomic mass is 10.0. The molecule has 1 saturated carbocycles. The highest BCUT2D eigenvalue weighted by molar-refractivity contribution is 7.10. The second kappa shape index (κ2) is 5.17. The molecule has 90 valence electrons. The van der Waals surface area contributed by atoms with Crippen LogP contribution in [0.25, 0.3) is 0 Å². The monoisotopic (exact) mass is 240 g/mol. The highest BCUT2D eigenvalue weighted by atomic mass is 32.1. The molecule has 1 aliphatic rings. The maximum atomic E-state index is 5.84. The number of rotatable bonds is 7. The van der Waals surface area contributed by atoms with Gasteiger partial charge >= 0.3 is 0 Å². The lowest BCUT2D eigenvalue weighted by Crippen LogP contribution is -2.24. The van der Waals surface area contributed by atoms with E-state index in [9.17, 15) is 0 Å². The van der Waals surface area contributed by atoms with Crippen LogP contribution in [-0.2, 0) is 11.3 Å². The van der Waals surface area contributed by atoms with Gasteiger partial charge in [0.15, 0.2) is 0 Å². The molecule has 0 saturated heterocycles. The molecule has 3 nitrogen and oxygen atoms in total. The summed E-state index contributed by atoms with van der Waals surface area (Å²) in [6, 6.07) is 1.97. The maximum Gasteiger partial charge on any atom is 0.0468 e. The summed E-state index contributed by atoms with van der Waals surface area (Å²) in [5.41, 5.74) is 7.27. The van der Waals surface area contributed by atoms with Gasteiger partial charge in [-0.25, -0.2) is 0 Å². The zero-order valence-electron chi connectivity index (χ0n) is 9.79. The van der Waals surface area contributed by atoms with Gasteiger partial charge in [0.2, 0.25) is 0 Å². The Kier molecular flexibility index (Phi) is 3.84. The fraction of sp³-hybridized carbons (Fsp3) is 0.667. The Morgan fingerprint density at radius 3 is 2.94 bits per heavy atom. The molecule has 1 heterocycles. The molecule has 0 amide bonds. The minimum atomic E-state index is 0.516. The third-order valence-corrected chi connectivity index (χ3v) is 4.30. The third-order valence-electron chi connectivity index (χ3n) is 3.36. The molecule has 1 fully saturated rings. The van der Waals surface area contributed by atoms with Crippen molar-refractivity contribution in [1.82, 2.24) is 5.32 Å². The first-order valence-corrected chi connectivity index (χ1v) is 6.65. The molecular formula is C12H20N2OS. The second-order valence-corrected chi connectivity index (χ2v) is 5.65. The van der Waals surface area contributed by atoms with Gasteiger partial charge in [0, 0.05) is 37.4 Å². The van der Waals surface area contributed by atoms with Gasteiger partial charge in [-0.2, -0.15) is 0 Å². The van der Waals surface area contributed by atoms with Crippen molar-refractivity contribution in [2.24, 2.45) is 5.41 Å². The summed E-state index contributed by atoms with van der Waals surface area (Å²) in [5.74, 6) is 0. The van der Waals surface area contributed by atoms with Crippen LogP contribution in [0.3, 0.4) is 0 Å². The Labute approximate surface area is 101 Å². The molecule has 3 N–H and O–H groups in total. The van der Waals surface area contributed by atoms with Crippen molar-refractivity contribution in [2.45, 2.75) is 25.8 Å². The lowest BCUT2D eigenvalue weighted by Gasteiger charge is -2.15. The minimum absolute atomic E-state index is 0.516. The number of nitrogens with two attached hydrogens (primary N) is 1. The van der Waals surface area contributed by atoms with Gasteiger partial charge in [-0.15, -0.1) is 11.3 Å². The van der Waals surface area contributed by atoms with Gasteiger partial charge in [-0.1, -0.05) is 0 Å². The Balaban J connectivity index is 1.70. The van der Waals surface area contributed by atoms with Gasteiger partial charge < -0.3 is 15.8 Å². The predicted octanol–water partition coefficient (Wildman–Crippen LogP) is 2.24. The molecular weight excluding hydrogens is 220 g/mol. The zero-order valence-corrected chi connectivity index (χ0v) is 10.6. The largest absolute Gasteiger partial charge is 0.398 e. The van der Waals surface area contributed by atoms with E-state index in [-0.39, 0.29) is 0 Å². The highest BCUT2D eigenvalue weighted by Crippen LogP contribution is 2.48. The predicted molar refractivity (Wildman–Crippen MR) is 68.6 cm³/mol. The van der Waals surface area contributed by atoms with Crippen molar-refractivity contribution in [2.75, 3.05) is 26.0 Å². The van der Waals surface area contributed by atoms with Crippen molar-refractivity contribution >= 4 is 17.0 Å². The van der Waals surface area contributed by atoms with E-state index in [2.05, 4.69) is 5.32 Å². The number of ether oxygens (including phenoxy) is 1. The molecule has 0 bridgehead atoms. The topological polar surface area (TPSA) is 47.3 Å². The van der Waals surface area contributed by atoms with Crippen LogP contribution in [-0.4, -0.2) is 20.3 Å². The van der Waals surface area contributed by atoms with E-state index in [0.717, 1.165) is 25.4 Å². The van der Waals surface area contributed by atoms with Crippen molar-refractivity contribution < 1.29 is 4.74 Å². The van der Waals surface area contributed by atoms with Crippen LogP contribution in [0.2, 0.25) is 0 Å². The third kappa shape index (κ3) is 2.97. The Morgan fingerprint density at radius 2 is 2.38 bits per heavy atom. The number of nitrogens with one attached hydrogen (secondary N) is 1. The van der Waals surface area contributed by atoms with Gasteiger partial charge in [0.1, 0.15) is 0 Å². The van der Waals surface area contributed by atoms with Gasteiger partial charge in [0.25, 0.3) is 0 Å². The van der Waals surface area contributed by atoms with Crippen molar-refractivity contribution in [3.05, 3.63) is 16.3 Å². The van der Waals surface area contributed by atoms with Crippen LogP contribution < -0.4 is 11.1 Å². The van der Waals surface area contributed by atoms with Crippen LogP contribution in [0.15, 0.2) is 11.4 Å². The highest BCUT2D eigenvalue weighted by Gasteiger charge is 2.41. The van der Waals surface area contributed by atoms with Crippen LogP contribution in [0.4, 0.5) is 5.69 Å². The Morgan fingerprint density at radius 1 is 1.56 bits per heavy atom. The van der Waals surface area contributed by atoms with Crippen LogP contribution in [0.5, 0.6) is 0 Å². The smallest absolute Gasteiger partial charge is 0.0468 e. The normalized spacial score (nSPS) is 17.6. The summed E-state index contributed by atoms with van der Waals surface area (Å²) in [5, 5.41) is 5.56. The first-order valence-electron chi connectivity index (χ1n) is 5.77. The summed E-state index contributed by atoms with van der Waals surface area (Å²) < 4.78 is 5.14. The molecule has 1 aliphatic carbocycles. The number of methoxy groups -OCH3 is 1. The Bertz CT molecular complexity index is 334. The van der Waals surface area contributed by atoms with E-state index in [1.54, 1.807) is 18.4 Å². The quantitative estimate of drug-likeness (QED) is 0.768. The molecule has 2 rings (SSSR count). The van der Waals surface area contributed by atoms with Crippen LogP contribution in [0.1, 0.15) is 24.1 Å². The molecule has 0 atom stereocenters. The maximum absolute atomic E-state index is 5.84. The van der Waals surface area contributed by atoms with Crippen molar-refractivity contribution in [1.29, 1.82) is 0 Å². The van der Waals surface area contributed by atoms with Gasteiger partial charge in [0.05, 0.1) is 0 Å². The molecule has 0 radical (unpaired) electrons. The number of hydrogen-bond acceptors (Lipinski definition) is 4. The van der Waals surface area contributed by atoms with Crippen molar-refractivity contribution in [3.8, 4) is 0 Å². The summed E-state index contributed by atoms with van der Waals surface area (Å²) in [4.78, 5) is 1.25. The fourth-order valence-electron chi connectivity index (χ4n) is 1.95. The summed E-state index contributed by atoms with van der Waals surface area (Å²) in [6.07, 6.45) is 3.85. The van der Waals surface area contributed by atoms with E-state index in [0.29, 0.717) is 5.41 Å². The summed E-state index contributed by atoms with van der Waals surface area (Å²) >= 11 is 1.73. The first-order chi connectivity index (χ1) is 7.76. The van der Waals surface area contributed by atoms with E-state index < -0.39 is 0 Å². The zero-order chi connectivity index (χ0) is 11.4. The summed E-state index contributed by atoms with van der Waals surface area (Å²) in [7, 11) is 1.77. The minimum Gasteiger partial charge on any atom is -0.398 e. The molecule has 0 aliphatic heterocycles. The number of hydrogen-bond donors (Lipinski definition) is 2. The molecule has 16 heavy (non-hydrogen) atoms. The molecule has 0 spiro atoms. The molecule has 0 unspecified atom stereocenters. The van der Waals surface area contributed by atoms with Gasteiger partial charge in [-0.3, -0.25) is 0 Å². The molecule has 1 aromatic rings. The molecule has 4 heteroatoms. The number of anilines is 1. The summed E-state index contributed by atoms with van der Waals surface area (Å²) in [6.45, 7) is 2.87. The number of thiophene rings is 1. The van der Waals surface area contributed by atoms with Crippen molar-refractivity contribution in [3.63, 3.8) is 0 Å². The standard InChI is InChI=1S/C12H20N2OS/c1-15-6-5-12(3-4-12)9-14-8-11-10(13)2-7-16-11/h2,7,14H,3-6,8-9,13H2,1H3. The van der Waals surface area contributed by atoms with E-state index in [1.807, 2.05) is 11.4 Å². The first kappa shape index (κ1) is 11.9. The van der Waals surface area contributed by atoms with E-state index in [1.165, 1.54) is 24.1 Å². The molecule has 0 aromatic carbocycles. The number of nitrogen functional groups attached to an aromatic ring is 1. The lowest BCUT2D eigenvalue weighted by molar-refractivity contribution is 0.171.